The number of nitrogens with one attached hydrogen (secondary N) is 1. The lowest BCUT2D eigenvalue weighted by molar-refractivity contribution is 0.0696. The molecule has 4 rings (SSSR count). The van der Waals surface area contributed by atoms with Crippen molar-refractivity contribution in [1.29, 1.82) is 0 Å². The highest BCUT2D eigenvalue weighted by molar-refractivity contribution is 9.10. The van der Waals surface area contributed by atoms with E-state index in [4.69, 9.17) is 4.74 Å². The molecule has 2 aliphatic rings. The fraction of sp³-hybridized carbons (Fsp3) is 0.250. The monoisotopic (exact) mass is 399 g/mol. The van der Waals surface area contributed by atoms with Crippen molar-refractivity contribution >= 4 is 27.6 Å². The van der Waals surface area contributed by atoms with Crippen LogP contribution < -0.4 is 10.1 Å². The molecule has 2 N–H and O–H groups in total. The minimum Gasteiger partial charge on any atom is -0.496 e. The molecule has 2 aromatic rings. The van der Waals surface area contributed by atoms with Crippen LogP contribution >= 0.6 is 15.9 Å². The number of rotatable bonds is 3. The van der Waals surface area contributed by atoms with E-state index in [0.29, 0.717) is 11.5 Å². The Hall–Kier alpha value is -2.27. The molecule has 1 aliphatic carbocycles. The molecule has 0 spiro atoms. The smallest absolute Gasteiger partial charge is 0.335 e. The van der Waals surface area contributed by atoms with Crippen LogP contribution in [0.2, 0.25) is 0 Å². The van der Waals surface area contributed by atoms with Gasteiger partial charge in [0.05, 0.1) is 18.7 Å². The van der Waals surface area contributed by atoms with E-state index in [9.17, 15) is 9.90 Å². The Morgan fingerprint density at radius 3 is 2.84 bits per heavy atom. The van der Waals surface area contributed by atoms with Gasteiger partial charge in [0, 0.05) is 21.6 Å². The van der Waals surface area contributed by atoms with Crippen molar-refractivity contribution in [3.05, 3.63) is 69.7 Å². The minimum atomic E-state index is -0.892. The predicted octanol–water partition coefficient (Wildman–Crippen LogP) is 4.98. The number of methoxy groups -OCH3 is 1. The van der Waals surface area contributed by atoms with Crippen molar-refractivity contribution in [3.8, 4) is 5.75 Å². The molecule has 1 heterocycles. The van der Waals surface area contributed by atoms with Crippen LogP contribution in [0.15, 0.2) is 53.0 Å². The van der Waals surface area contributed by atoms with Crippen LogP contribution in [-0.4, -0.2) is 18.2 Å². The molecule has 0 amide bonds. The Balaban J connectivity index is 1.81. The molecule has 0 bridgehead atoms. The lowest BCUT2D eigenvalue weighted by Gasteiger charge is -2.38. The summed E-state index contributed by atoms with van der Waals surface area (Å²) < 4.78 is 6.60. The highest BCUT2D eigenvalue weighted by Gasteiger charge is 2.39. The maximum absolute atomic E-state index is 11.3. The maximum atomic E-state index is 11.3. The largest absolute Gasteiger partial charge is 0.496 e. The number of ether oxygens (including phenoxy) is 1. The second-order valence-electron chi connectivity index (χ2n) is 6.47. The molecular weight excluding hydrogens is 382 g/mol. The van der Waals surface area contributed by atoms with Crippen LogP contribution in [0, 0.1) is 5.92 Å². The molecule has 1 aliphatic heterocycles. The number of fused-ring (bicyclic) bond motifs is 3. The van der Waals surface area contributed by atoms with E-state index in [0.717, 1.165) is 33.5 Å². The van der Waals surface area contributed by atoms with Crippen LogP contribution in [-0.2, 0) is 0 Å². The summed E-state index contributed by atoms with van der Waals surface area (Å²) in [6.45, 7) is 0. The number of anilines is 1. The first-order valence-electron chi connectivity index (χ1n) is 8.22. The van der Waals surface area contributed by atoms with Crippen LogP contribution in [0.25, 0.3) is 0 Å². The molecule has 3 atom stereocenters. The van der Waals surface area contributed by atoms with E-state index < -0.39 is 5.97 Å². The Morgan fingerprint density at radius 1 is 1.24 bits per heavy atom. The third-order valence-electron chi connectivity index (χ3n) is 5.14. The number of carboxylic acid groups (broad SMARTS) is 1. The number of aromatic carboxylic acids is 1. The van der Waals surface area contributed by atoms with Gasteiger partial charge in [-0.2, -0.15) is 0 Å². The zero-order valence-electron chi connectivity index (χ0n) is 13.7. The van der Waals surface area contributed by atoms with Gasteiger partial charge < -0.3 is 15.2 Å². The molecule has 128 valence electrons. The third-order valence-corrected chi connectivity index (χ3v) is 5.63. The van der Waals surface area contributed by atoms with Crippen molar-refractivity contribution in [2.75, 3.05) is 12.4 Å². The van der Waals surface area contributed by atoms with Crippen molar-refractivity contribution in [1.82, 2.24) is 0 Å². The first-order chi connectivity index (χ1) is 12.1. The van der Waals surface area contributed by atoms with Crippen molar-refractivity contribution in [3.63, 3.8) is 0 Å². The molecule has 0 saturated heterocycles. The van der Waals surface area contributed by atoms with E-state index in [2.05, 4.69) is 39.5 Å². The summed E-state index contributed by atoms with van der Waals surface area (Å²) in [4.78, 5) is 11.3. The molecule has 25 heavy (non-hydrogen) atoms. The standard InChI is InChI=1S/C20H18BrNO3/c1-25-18-8-6-12(21)10-16(18)19-14-4-2-3-13(14)15-9-11(20(23)24)5-7-17(15)22-19/h2-3,5-10,13-14,19,22H,4H2,1H3,(H,23,24)/t13-,14-,19+/m0/s1. The summed E-state index contributed by atoms with van der Waals surface area (Å²) in [5, 5.41) is 12.9. The number of allylic oxidation sites excluding steroid dienone is 2. The molecular formula is C20H18BrNO3. The van der Waals surface area contributed by atoms with Gasteiger partial charge in [-0.1, -0.05) is 28.1 Å². The Morgan fingerprint density at radius 2 is 2.08 bits per heavy atom. The summed E-state index contributed by atoms with van der Waals surface area (Å²) in [5.41, 5.74) is 3.50. The van der Waals surface area contributed by atoms with E-state index in [-0.39, 0.29) is 12.0 Å². The van der Waals surface area contributed by atoms with Crippen molar-refractivity contribution in [2.45, 2.75) is 18.4 Å². The lowest BCUT2D eigenvalue weighted by Crippen LogP contribution is -2.29. The topological polar surface area (TPSA) is 58.6 Å². The Labute approximate surface area is 154 Å². The van der Waals surface area contributed by atoms with Crippen molar-refractivity contribution < 1.29 is 14.6 Å². The summed E-state index contributed by atoms with van der Waals surface area (Å²) in [6, 6.07) is 11.5. The van der Waals surface area contributed by atoms with Gasteiger partial charge in [-0.05, 0) is 54.3 Å². The Bertz CT molecular complexity index is 877. The summed E-state index contributed by atoms with van der Waals surface area (Å²) in [7, 11) is 1.69. The van der Waals surface area contributed by atoms with Crippen LogP contribution in [0.5, 0.6) is 5.75 Å². The number of benzene rings is 2. The molecule has 0 unspecified atom stereocenters. The van der Waals surface area contributed by atoms with Gasteiger partial charge in [0.1, 0.15) is 5.75 Å². The number of carboxylic acids is 1. The number of hydrogen-bond acceptors (Lipinski definition) is 3. The van der Waals surface area contributed by atoms with Gasteiger partial charge in [-0.3, -0.25) is 0 Å². The lowest BCUT2D eigenvalue weighted by atomic mass is 9.76. The molecule has 0 radical (unpaired) electrons. The fourth-order valence-electron chi connectivity index (χ4n) is 3.98. The van der Waals surface area contributed by atoms with Crippen LogP contribution in [0.4, 0.5) is 5.69 Å². The SMILES string of the molecule is COc1ccc(Br)cc1[C@@H]1Nc2ccc(C(=O)O)cc2[C@H]2C=CC[C@@H]21. The second kappa shape index (κ2) is 6.23. The van der Waals surface area contributed by atoms with Crippen LogP contribution in [0.1, 0.15) is 39.9 Å². The zero-order chi connectivity index (χ0) is 17.6. The van der Waals surface area contributed by atoms with Gasteiger partial charge in [-0.25, -0.2) is 4.79 Å². The van der Waals surface area contributed by atoms with E-state index in [1.807, 2.05) is 18.2 Å². The van der Waals surface area contributed by atoms with Gasteiger partial charge in [0.2, 0.25) is 0 Å². The molecule has 2 aromatic carbocycles. The average Bonchev–Trinajstić information content (AvgIpc) is 3.10. The van der Waals surface area contributed by atoms with E-state index >= 15 is 0 Å². The first kappa shape index (κ1) is 16.2. The molecule has 4 nitrogen and oxygen atoms in total. The molecule has 0 aromatic heterocycles. The minimum absolute atomic E-state index is 0.107. The summed E-state index contributed by atoms with van der Waals surface area (Å²) in [6.07, 6.45) is 5.35. The summed E-state index contributed by atoms with van der Waals surface area (Å²) >= 11 is 3.56. The molecule has 0 fully saturated rings. The third kappa shape index (κ3) is 2.72. The number of halogens is 1. The maximum Gasteiger partial charge on any atom is 0.335 e. The quantitative estimate of drug-likeness (QED) is 0.714. The number of hydrogen-bond donors (Lipinski definition) is 2. The van der Waals surface area contributed by atoms with Gasteiger partial charge in [0.25, 0.3) is 0 Å². The normalized spacial score (nSPS) is 23.5. The van der Waals surface area contributed by atoms with Gasteiger partial charge in [0.15, 0.2) is 0 Å². The highest BCUT2D eigenvalue weighted by atomic mass is 79.9. The number of carbonyl (C=O) groups is 1. The highest BCUT2D eigenvalue weighted by Crippen LogP contribution is 2.51. The fourth-order valence-corrected chi connectivity index (χ4v) is 4.36. The average molecular weight is 400 g/mol. The zero-order valence-corrected chi connectivity index (χ0v) is 15.3. The predicted molar refractivity (Wildman–Crippen MR) is 100 cm³/mol. The van der Waals surface area contributed by atoms with E-state index in [1.165, 1.54) is 0 Å². The molecule has 5 heteroatoms. The first-order valence-corrected chi connectivity index (χ1v) is 9.01. The Kier molecular flexibility index (Phi) is 4.04. The molecule has 0 saturated carbocycles. The summed E-state index contributed by atoms with van der Waals surface area (Å²) in [5.74, 6) is 0.512. The van der Waals surface area contributed by atoms with E-state index in [1.54, 1.807) is 19.2 Å². The van der Waals surface area contributed by atoms with Crippen LogP contribution in [0.3, 0.4) is 0 Å². The second-order valence-corrected chi connectivity index (χ2v) is 7.38. The van der Waals surface area contributed by atoms with Gasteiger partial charge in [-0.15, -0.1) is 0 Å². The van der Waals surface area contributed by atoms with Gasteiger partial charge >= 0.3 is 5.97 Å². The van der Waals surface area contributed by atoms with Crippen molar-refractivity contribution in [2.24, 2.45) is 5.92 Å².